The maximum absolute atomic E-state index is 12.3. The number of hydrogen-bond acceptors (Lipinski definition) is 4. The molecule has 0 bridgehead atoms. The molecule has 0 aliphatic carbocycles. The Labute approximate surface area is 122 Å². The number of aliphatic carboxylic acids is 1. The van der Waals surface area contributed by atoms with E-state index >= 15 is 0 Å². The van der Waals surface area contributed by atoms with E-state index in [1.54, 1.807) is 4.90 Å². The minimum absolute atomic E-state index is 0.104. The van der Waals surface area contributed by atoms with Crippen molar-refractivity contribution in [1.82, 2.24) is 15.1 Å². The van der Waals surface area contributed by atoms with Crippen molar-refractivity contribution in [2.45, 2.75) is 24.9 Å². The maximum atomic E-state index is 12.3. The molecule has 3 aliphatic rings. The van der Waals surface area contributed by atoms with Crippen molar-refractivity contribution in [3.63, 3.8) is 0 Å². The van der Waals surface area contributed by atoms with E-state index in [2.05, 4.69) is 5.32 Å². The second-order valence-electron chi connectivity index (χ2n) is 5.76. The molecule has 0 aromatic carbocycles. The SMILES string of the molecule is O=C(O)C1COCC1NC(=O)N1CCN2C(=O)CCC2C1. The van der Waals surface area contributed by atoms with Crippen molar-refractivity contribution in [2.24, 2.45) is 5.92 Å². The Bertz CT molecular complexity index is 469. The summed E-state index contributed by atoms with van der Waals surface area (Å²) in [6, 6.07) is -0.652. The maximum Gasteiger partial charge on any atom is 0.317 e. The van der Waals surface area contributed by atoms with E-state index < -0.39 is 17.9 Å². The van der Waals surface area contributed by atoms with Gasteiger partial charge in [0.15, 0.2) is 0 Å². The summed E-state index contributed by atoms with van der Waals surface area (Å²) in [5, 5.41) is 11.8. The number of amides is 3. The molecule has 3 fully saturated rings. The van der Waals surface area contributed by atoms with Crippen molar-refractivity contribution in [1.29, 1.82) is 0 Å². The molecule has 3 heterocycles. The fourth-order valence-electron chi connectivity index (χ4n) is 3.24. The first-order valence-corrected chi connectivity index (χ1v) is 7.21. The van der Waals surface area contributed by atoms with Crippen LogP contribution in [0.3, 0.4) is 0 Å². The van der Waals surface area contributed by atoms with Crippen LogP contribution >= 0.6 is 0 Å². The zero-order valence-corrected chi connectivity index (χ0v) is 11.7. The number of hydrogen-bond donors (Lipinski definition) is 2. The molecule has 2 N–H and O–H groups in total. The Morgan fingerprint density at radius 3 is 2.86 bits per heavy atom. The number of carbonyl (C=O) groups excluding carboxylic acids is 2. The van der Waals surface area contributed by atoms with Gasteiger partial charge in [-0.3, -0.25) is 9.59 Å². The summed E-state index contributed by atoms with van der Waals surface area (Å²) in [5.41, 5.74) is 0. The van der Waals surface area contributed by atoms with E-state index in [1.165, 1.54) is 0 Å². The van der Waals surface area contributed by atoms with Crippen LogP contribution in [0.4, 0.5) is 4.79 Å². The van der Waals surface area contributed by atoms with Crippen LogP contribution in [0, 0.1) is 5.92 Å². The van der Waals surface area contributed by atoms with Crippen LogP contribution in [0.2, 0.25) is 0 Å². The molecule has 3 unspecified atom stereocenters. The number of carboxylic acids is 1. The largest absolute Gasteiger partial charge is 0.481 e. The normalized spacial score (nSPS) is 32.2. The number of nitrogens with one attached hydrogen (secondary N) is 1. The number of ether oxygens (including phenoxy) is 1. The number of carboxylic acid groups (broad SMARTS) is 1. The average Bonchev–Trinajstić information content (AvgIpc) is 3.06. The van der Waals surface area contributed by atoms with Gasteiger partial charge < -0.3 is 25.0 Å². The lowest BCUT2D eigenvalue weighted by molar-refractivity contribution is -0.142. The summed E-state index contributed by atoms with van der Waals surface area (Å²) in [7, 11) is 0. The fourth-order valence-corrected chi connectivity index (χ4v) is 3.24. The average molecular weight is 297 g/mol. The monoisotopic (exact) mass is 297 g/mol. The van der Waals surface area contributed by atoms with Gasteiger partial charge in [-0.2, -0.15) is 0 Å². The molecule has 3 aliphatic heterocycles. The third-order valence-electron chi connectivity index (χ3n) is 4.49. The Morgan fingerprint density at radius 2 is 2.10 bits per heavy atom. The van der Waals surface area contributed by atoms with Crippen molar-refractivity contribution in [3.05, 3.63) is 0 Å². The van der Waals surface area contributed by atoms with Crippen molar-refractivity contribution in [3.8, 4) is 0 Å². The standard InChI is InChI=1S/C13H19N3O5/c17-11-2-1-8-5-15(3-4-16(8)11)13(20)14-10-7-21-6-9(10)12(18)19/h8-10H,1-7H2,(H,14,20)(H,18,19). The van der Waals surface area contributed by atoms with Crippen molar-refractivity contribution < 1.29 is 24.2 Å². The van der Waals surface area contributed by atoms with E-state index in [4.69, 9.17) is 9.84 Å². The molecule has 3 rings (SSSR count). The summed E-state index contributed by atoms with van der Waals surface area (Å²) in [6.45, 7) is 1.92. The van der Waals surface area contributed by atoms with Gasteiger partial charge in [0, 0.05) is 32.1 Å². The lowest BCUT2D eigenvalue weighted by atomic mass is 10.0. The minimum atomic E-state index is -0.955. The number of carbonyl (C=O) groups is 3. The van der Waals surface area contributed by atoms with Gasteiger partial charge in [-0.15, -0.1) is 0 Å². The first-order chi connectivity index (χ1) is 10.1. The molecule has 3 atom stereocenters. The molecule has 0 radical (unpaired) electrons. The lowest BCUT2D eigenvalue weighted by Gasteiger charge is -2.38. The number of rotatable bonds is 2. The van der Waals surface area contributed by atoms with Crippen molar-refractivity contribution >= 4 is 17.9 Å². The second kappa shape index (κ2) is 5.51. The summed E-state index contributed by atoms with van der Waals surface area (Å²) in [4.78, 5) is 38.4. The van der Waals surface area contributed by atoms with Crippen LogP contribution in [0.5, 0.6) is 0 Å². The first-order valence-electron chi connectivity index (χ1n) is 7.21. The van der Waals surface area contributed by atoms with Gasteiger partial charge in [0.05, 0.1) is 19.3 Å². The molecule has 0 spiro atoms. The van der Waals surface area contributed by atoms with Gasteiger partial charge in [0.25, 0.3) is 0 Å². The zero-order valence-electron chi connectivity index (χ0n) is 11.7. The molecule has 3 saturated heterocycles. The molecule has 0 aromatic heterocycles. The molecule has 116 valence electrons. The van der Waals surface area contributed by atoms with Gasteiger partial charge in [0.1, 0.15) is 5.92 Å². The Hall–Kier alpha value is -1.83. The van der Waals surface area contributed by atoms with E-state index in [0.717, 1.165) is 6.42 Å². The van der Waals surface area contributed by atoms with Crippen LogP contribution < -0.4 is 5.32 Å². The molecule has 8 nitrogen and oxygen atoms in total. The van der Waals surface area contributed by atoms with E-state index in [9.17, 15) is 14.4 Å². The van der Waals surface area contributed by atoms with E-state index in [1.807, 2.05) is 4.90 Å². The van der Waals surface area contributed by atoms with Crippen molar-refractivity contribution in [2.75, 3.05) is 32.8 Å². The van der Waals surface area contributed by atoms with Crippen LogP contribution in [0.25, 0.3) is 0 Å². The van der Waals surface area contributed by atoms with Crippen LogP contribution in [0.1, 0.15) is 12.8 Å². The molecular weight excluding hydrogens is 278 g/mol. The molecular formula is C13H19N3O5. The molecule has 8 heteroatoms. The van der Waals surface area contributed by atoms with Gasteiger partial charge in [-0.1, -0.05) is 0 Å². The molecule has 0 aromatic rings. The number of piperazine rings is 1. The highest BCUT2D eigenvalue weighted by molar-refractivity contribution is 5.80. The number of nitrogens with zero attached hydrogens (tertiary/aromatic N) is 2. The predicted octanol–water partition coefficient (Wildman–Crippen LogP) is -0.898. The Morgan fingerprint density at radius 1 is 1.29 bits per heavy atom. The number of fused-ring (bicyclic) bond motifs is 1. The van der Waals surface area contributed by atoms with Gasteiger partial charge in [-0.25, -0.2) is 4.79 Å². The highest BCUT2D eigenvalue weighted by Crippen LogP contribution is 2.23. The van der Waals surface area contributed by atoms with Crippen LogP contribution in [0.15, 0.2) is 0 Å². The zero-order chi connectivity index (χ0) is 15.0. The molecule has 0 saturated carbocycles. The molecule has 3 amide bonds. The fraction of sp³-hybridized carbons (Fsp3) is 0.769. The second-order valence-corrected chi connectivity index (χ2v) is 5.76. The highest BCUT2D eigenvalue weighted by Gasteiger charge is 2.39. The van der Waals surface area contributed by atoms with E-state index in [0.29, 0.717) is 26.1 Å². The minimum Gasteiger partial charge on any atom is -0.481 e. The summed E-state index contributed by atoms with van der Waals surface area (Å²) in [5.74, 6) is -1.48. The van der Waals surface area contributed by atoms with Gasteiger partial charge >= 0.3 is 12.0 Å². The topological polar surface area (TPSA) is 99.2 Å². The smallest absolute Gasteiger partial charge is 0.317 e. The van der Waals surface area contributed by atoms with Gasteiger partial charge in [-0.05, 0) is 6.42 Å². The van der Waals surface area contributed by atoms with E-state index in [-0.39, 0.29) is 31.2 Å². The highest BCUT2D eigenvalue weighted by atomic mass is 16.5. The Balaban J connectivity index is 1.56. The quantitative estimate of drug-likeness (QED) is 0.688. The van der Waals surface area contributed by atoms with Gasteiger partial charge in [0.2, 0.25) is 5.91 Å². The van der Waals surface area contributed by atoms with Crippen LogP contribution in [-0.2, 0) is 14.3 Å². The summed E-state index contributed by atoms with van der Waals surface area (Å²) >= 11 is 0. The Kier molecular flexibility index (Phi) is 3.71. The third kappa shape index (κ3) is 2.67. The predicted molar refractivity (Wildman–Crippen MR) is 70.6 cm³/mol. The summed E-state index contributed by atoms with van der Waals surface area (Å²) in [6.07, 6.45) is 1.34. The number of urea groups is 1. The first kappa shape index (κ1) is 14.1. The molecule has 21 heavy (non-hydrogen) atoms. The van der Waals surface area contributed by atoms with Crippen LogP contribution in [-0.4, -0.2) is 77.7 Å². The lowest BCUT2D eigenvalue weighted by Crippen LogP contribution is -2.57. The summed E-state index contributed by atoms with van der Waals surface area (Å²) < 4.78 is 5.14. The third-order valence-corrected chi connectivity index (χ3v) is 4.49.